The van der Waals surface area contributed by atoms with Crippen LogP contribution in [0.25, 0.3) is 0 Å². The zero-order chi connectivity index (χ0) is 26.2. The number of carbonyl (C=O) groups is 4. The summed E-state index contributed by atoms with van der Waals surface area (Å²) in [6.45, 7) is 0. The van der Waals surface area contributed by atoms with Gasteiger partial charge in [-0.3, -0.25) is 24.1 Å². The second kappa shape index (κ2) is 8.89. The summed E-state index contributed by atoms with van der Waals surface area (Å²) in [6, 6.07) is 11.5. The number of imide groups is 1. The Kier molecular flexibility index (Phi) is 5.89. The molecule has 37 heavy (non-hydrogen) atoms. The zero-order valence-corrected chi connectivity index (χ0v) is 23.0. The van der Waals surface area contributed by atoms with E-state index < -0.39 is 23.7 Å². The van der Waals surface area contributed by atoms with Crippen LogP contribution in [0.1, 0.15) is 24.3 Å². The number of allylic oxidation sites excluding steroid dienone is 6. The number of ketones is 2. The Hall–Kier alpha value is -2.81. The number of carbonyl (C=O) groups excluding carboxylic acids is 4. The van der Waals surface area contributed by atoms with Gasteiger partial charge in [-0.05, 0) is 77.2 Å². The first-order chi connectivity index (χ1) is 17.7. The van der Waals surface area contributed by atoms with E-state index in [0.717, 1.165) is 5.57 Å². The van der Waals surface area contributed by atoms with Gasteiger partial charge in [-0.15, -0.1) is 0 Å². The van der Waals surface area contributed by atoms with Crippen molar-refractivity contribution in [3.05, 3.63) is 90.9 Å². The molecule has 6 rings (SSSR count). The van der Waals surface area contributed by atoms with Crippen LogP contribution in [-0.4, -0.2) is 28.5 Å². The number of nitrogens with zero attached hydrogens (tertiary/aromatic N) is 1. The molecule has 6 nitrogen and oxygen atoms in total. The molecule has 1 N–H and O–H groups in total. The number of rotatable bonds is 2. The normalized spacial score (nSPS) is 27.1. The van der Waals surface area contributed by atoms with E-state index in [4.69, 9.17) is 11.6 Å². The third-order valence-corrected chi connectivity index (χ3v) is 9.05. The van der Waals surface area contributed by atoms with E-state index in [9.17, 15) is 24.3 Å². The molecule has 1 heterocycles. The van der Waals surface area contributed by atoms with Gasteiger partial charge in [0.2, 0.25) is 11.8 Å². The van der Waals surface area contributed by atoms with Crippen molar-refractivity contribution >= 4 is 72.5 Å². The molecule has 1 fully saturated rings. The lowest BCUT2D eigenvalue weighted by Gasteiger charge is -2.42. The van der Waals surface area contributed by atoms with Crippen LogP contribution < -0.4 is 4.90 Å². The van der Waals surface area contributed by atoms with Gasteiger partial charge in [0.1, 0.15) is 5.75 Å². The Balaban J connectivity index is 1.50. The first kappa shape index (κ1) is 24.5. The summed E-state index contributed by atoms with van der Waals surface area (Å²) >= 11 is 12.7. The fourth-order valence-electron chi connectivity index (χ4n) is 6.16. The van der Waals surface area contributed by atoms with Crippen LogP contribution in [0.2, 0.25) is 5.02 Å². The second-order valence-corrected chi connectivity index (χ2v) is 11.8. The van der Waals surface area contributed by atoms with Crippen LogP contribution in [0.5, 0.6) is 5.75 Å². The van der Waals surface area contributed by atoms with Gasteiger partial charge in [0.05, 0.1) is 22.0 Å². The van der Waals surface area contributed by atoms with Crippen molar-refractivity contribution in [2.75, 3.05) is 4.90 Å². The quantitative estimate of drug-likeness (QED) is 0.255. The van der Waals surface area contributed by atoms with Gasteiger partial charge in [0, 0.05) is 38.2 Å². The maximum absolute atomic E-state index is 13.8. The number of phenolic OH excluding ortho intramolecular Hbond substituents is 1. The van der Waals surface area contributed by atoms with Crippen molar-refractivity contribution < 1.29 is 24.3 Å². The Morgan fingerprint density at radius 1 is 0.946 bits per heavy atom. The SMILES string of the molecule is O=C1C=C(Br)C(=O)C2=C1C(c1cc(Br)ccc1O)C1=CCC3C(=O)N(c4ccc(Cl)cc4)C(=O)C3C1C2. The molecular weight excluding hydrogens is 626 g/mol. The number of phenols is 1. The first-order valence-corrected chi connectivity index (χ1v) is 13.6. The lowest BCUT2D eigenvalue weighted by molar-refractivity contribution is -0.123. The molecule has 4 unspecified atom stereocenters. The van der Waals surface area contributed by atoms with Gasteiger partial charge in [-0.2, -0.15) is 0 Å². The van der Waals surface area contributed by atoms with Crippen molar-refractivity contribution in [1.82, 2.24) is 0 Å². The molecular formula is C28H18Br2ClNO5. The van der Waals surface area contributed by atoms with Gasteiger partial charge >= 0.3 is 0 Å². The summed E-state index contributed by atoms with van der Waals surface area (Å²) in [7, 11) is 0. The van der Waals surface area contributed by atoms with Crippen LogP contribution in [0.15, 0.2) is 80.3 Å². The molecule has 0 saturated carbocycles. The third-order valence-electron chi connectivity index (χ3n) is 7.72. The van der Waals surface area contributed by atoms with E-state index in [1.807, 2.05) is 6.08 Å². The van der Waals surface area contributed by atoms with Gasteiger partial charge < -0.3 is 5.11 Å². The monoisotopic (exact) mass is 641 g/mol. The van der Waals surface area contributed by atoms with Crippen LogP contribution in [0.4, 0.5) is 5.69 Å². The number of halogens is 3. The first-order valence-electron chi connectivity index (χ1n) is 11.7. The highest BCUT2D eigenvalue weighted by Gasteiger charge is 2.56. The van der Waals surface area contributed by atoms with E-state index in [2.05, 4.69) is 31.9 Å². The molecule has 0 aromatic heterocycles. The van der Waals surface area contributed by atoms with Crippen molar-refractivity contribution in [2.45, 2.75) is 18.8 Å². The molecule has 2 aromatic carbocycles. The second-order valence-electron chi connectivity index (χ2n) is 9.59. The number of amides is 2. The summed E-state index contributed by atoms with van der Waals surface area (Å²) in [5, 5.41) is 11.3. The smallest absolute Gasteiger partial charge is 0.238 e. The molecule has 0 radical (unpaired) electrons. The molecule has 4 atom stereocenters. The Bertz CT molecular complexity index is 1520. The molecule has 2 amide bonds. The number of benzene rings is 2. The van der Waals surface area contributed by atoms with Crippen molar-refractivity contribution in [3.63, 3.8) is 0 Å². The fraction of sp³-hybridized carbons (Fsp3) is 0.214. The van der Waals surface area contributed by atoms with Crippen LogP contribution in [0.3, 0.4) is 0 Å². The van der Waals surface area contributed by atoms with Gasteiger partial charge in [0.25, 0.3) is 0 Å². The summed E-state index contributed by atoms with van der Waals surface area (Å²) in [4.78, 5) is 55.0. The number of fused-ring (bicyclic) bond motifs is 3. The topological polar surface area (TPSA) is 91.8 Å². The molecule has 2 aromatic rings. The lowest BCUT2D eigenvalue weighted by Crippen LogP contribution is -2.39. The number of anilines is 1. The fourth-order valence-corrected chi connectivity index (χ4v) is 7.12. The van der Waals surface area contributed by atoms with Crippen LogP contribution in [-0.2, 0) is 19.2 Å². The van der Waals surface area contributed by atoms with E-state index >= 15 is 0 Å². The lowest BCUT2D eigenvalue weighted by atomic mass is 9.59. The standard InChI is InChI=1S/C28H18Br2ClNO5/c29-12-1-8-21(33)18(9-12)23-15-6-7-16-24(17(15)10-19-25(23)22(34)11-20(30)26(19)35)28(37)32(27(16)36)14-4-2-13(31)3-5-14/h1-6,8-9,11,16-17,23-24,33H,7,10H2. The van der Waals surface area contributed by atoms with Gasteiger partial charge in [-0.25, -0.2) is 0 Å². The van der Waals surface area contributed by atoms with E-state index in [1.165, 1.54) is 17.0 Å². The summed E-state index contributed by atoms with van der Waals surface area (Å²) in [5.74, 6) is -3.75. The van der Waals surface area contributed by atoms with E-state index in [1.54, 1.807) is 36.4 Å². The van der Waals surface area contributed by atoms with E-state index in [-0.39, 0.29) is 40.0 Å². The van der Waals surface area contributed by atoms with Gasteiger partial charge in [-0.1, -0.05) is 39.2 Å². The minimum Gasteiger partial charge on any atom is -0.508 e. The van der Waals surface area contributed by atoms with Gasteiger partial charge in [0.15, 0.2) is 11.6 Å². The minimum absolute atomic E-state index is 0.0193. The number of aromatic hydroxyl groups is 1. The highest BCUT2D eigenvalue weighted by atomic mass is 79.9. The molecule has 4 aliphatic rings. The summed E-state index contributed by atoms with van der Waals surface area (Å²) in [6.07, 6.45) is 3.67. The predicted molar refractivity (Wildman–Crippen MR) is 144 cm³/mol. The highest BCUT2D eigenvalue weighted by Crippen LogP contribution is 2.56. The average Bonchev–Trinajstić information content (AvgIpc) is 3.13. The zero-order valence-electron chi connectivity index (χ0n) is 19.1. The van der Waals surface area contributed by atoms with Crippen LogP contribution >= 0.6 is 43.5 Å². The Labute approximate surface area is 233 Å². The Morgan fingerprint density at radius 2 is 1.68 bits per heavy atom. The van der Waals surface area contributed by atoms with Crippen molar-refractivity contribution in [2.24, 2.45) is 17.8 Å². The maximum atomic E-state index is 13.8. The molecule has 0 spiro atoms. The van der Waals surface area contributed by atoms with Crippen molar-refractivity contribution in [3.8, 4) is 5.75 Å². The Morgan fingerprint density at radius 3 is 2.41 bits per heavy atom. The number of hydrogen-bond donors (Lipinski definition) is 1. The summed E-state index contributed by atoms with van der Waals surface area (Å²) < 4.78 is 0.857. The molecule has 9 heteroatoms. The summed E-state index contributed by atoms with van der Waals surface area (Å²) in [5.41, 5.74) is 2.32. The average molecular weight is 644 g/mol. The molecule has 186 valence electrons. The molecule has 3 aliphatic carbocycles. The molecule has 1 aliphatic heterocycles. The number of Topliss-reactive ketones (excluding diaryl/α,β-unsaturated/α-hetero) is 1. The van der Waals surface area contributed by atoms with Crippen molar-refractivity contribution in [1.29, 1.82) is 0 Å². The third kappa shape index (κ3) is 3.72. The maximum Gasteiger partial charge on any atom is 0.238 e. The molecule has 1 saturated heterocycles. The largest absolute Gasteiger partial charge is 0.508 e. The predicted octanol–water partition coefficient (Wildman–Crippen LogP) is 5.77. The van der Waals surface area contributed by atoms with E-state index in [0.29, 0.717) is 38.3 Å². The molecule has 0 bridgehead atoms. The van der Waals surface area contributed by atoms with Crippen LogP contribution in [0, 0.1) is 17.8 Å². The minimum atomic E-state index is -0.715. The number of hydrogen-bond acceptors (Lipinski definition) is 5. The highest BCUT2D eigenvalue weighted by molar-refractivity contribution is 9.12.